The minimum Gasteiger partial charge on any atom is -0.493 e. The van der Waals surface area contributed by atoms with E-state index in [-0.39, 0.29) is 23.6 Å². The third kappa shape index (κ3) is 7.65. The van der Waals surface area contributed by atoms with E-state index in [1.165, 1.54) is 0 Å². The van der Waals surface area contributed by atoms with Gasteiger partial charge in [0.05, 0.1) is 18.8 Å². The van der Waals surface area contributed by atoms with Crippen LogP contribution in [0.15, 0.2) is 36.4 Å². The molecule has 0 heterocycles. The van der Waals surface area contributed by atoms with E-state index in [2.05, 4.69) is 0 Å². The number of hydrogen-bond donors (Lipinski definition) is 3. The molecule has 1 fully saturated rings. The molecule has 5 atom stereocenters. The number of carboxylic acid groups (broad SMARTS) is 1. The molecule has 1 aliphatic rings. The minimum atomic E-state index is -0.775. The summed E-state index contributed by atoms with van der Waals surface area (Å²) in [5.41, 5.74) is 0.881. The molecule has 2 rings (SSSR count). The van der Waals surface area contributed by atoms with Gasteiger partial charge in [-0.1, -0.05) is 37.6 Å². The van der Waals surface area contributed by atoms with Crippen LogP contribution in [0.1, 0.15) is 63.5 Å². The van der Waals surface area contributed by atoms with Gasteiger partial charge < -0.3 is 20.1 Å². The summed E-state index contributed by atoms with van der Waals surface area (Å²) < 4.78 is 5.92. The molecule has 0 bridgehead atoms. The number of carbonyl (C=O) groups is 1. The van der Waals surface area contributed by atoms with Crippen LogP contribution in [0.25, 0.3) is 0 Å². The molecule has 1 aromatic rings. The second kappa shape index (κ2) is 12.2. The molecular formula is C23H33ClO5. The summed E-state index contributed by atoms with van der Waals surface area (Å²) in [6, 6.07) is 7.46. The van der Waals surface area contributed by atoms with E-state index in [1.807, 2.05) is 43.3 Å². The highest BCUT2D eigenvalue weighted by Crippen LogP contribution is 2.39. The van der Waals surface area contributed by atoms with Crippen molar-refractivity contribution >= 4 is 17.6 Å². The lowest BCUT2D eigenvalue weighted by atomic mass is 9.92. The van der Waals surface area contributed by atoms with Crippen LogP contribution in [0.3, 0.4) is 0 Å². The van der Waals surface area contributed by atoms with Crippen LogP contribution in [-0.4, -0.2) is 39.4 Å². The van der Waals surface area contributed by atoms with Crippen LogP contribution in [0.4, 0.5) is 0 Å². The van der Waals surface area contributed by atoms with Crippen LogP contribution in [0.5, 0.6) is 5.75 Å². The smallest absolute Gasteiger partial charge is 0.303 e. The summed E-state index contributed by atoms with van der Waals surface area (Å²) in [5, 5.41) is 29.0. The number of hydrogen-bond acceptors (Lipinski definition) is 4. The predicted molar refractivity (Wildman–Crippen MR) is 114 cm³/mol. The van der Waals surface area contributed by atoms with E-state index in [4.69, 9.17) is 21.4 Å². The Morgan fingerprint density at radius 2 is 2.00 bits per heavy atom. The summed E-state index contributed by atoms with van der Waals surface area (Å²) in [4.78, 5) is 10.5. The number of rotatable bonds is 12. The molecule has 3 N–H and O–H groups in total. The number of ether oxygens (including phenoxy) is 1. The van der Waals surface area contributed by atoms with Crippen molar-refractivity contribution in [3.05, 3.63) is 42.0 Å². The molecule has 0 saturated heterocycles. The summed E-state index contributed by atoms with van der Waals surface area (Å²) >= 11 is 6.46. The topological polar surface area (TPSA) is 87.0 Å². The summed E-state index contributed by atoms with van der Waals surface area (Å²) in [7, 11) is 0. The van der Waals surface area contributed by atoms with E-state index in [0.29, 0.717) is 25.2 Å². The van der Waals surface area contributed by atoms with Crippen molar-refractivity contribution in [2.24, 2.45) is 11.8 Å². The first-order chi connectivity index (χ1) is 13.9. The Labute approximate surface area is 178 Å². The standard InChI is InChI=1S/C23H33ClO5/c1-2-7-21(25)16-10-12-17(13-11-16)29-15-19-18(20(24)14-22(19)26)8-5-3-4-6-9-23(27)28/h3,5,10-13,18-22,25-26H,2,4,6-9,14-15H2,1H3,(H,27,28)/b5-3-/t18?,19-,20-,21-,22-/m1/s1. The van der Waals surface area contributed by atoms with Crippen molar-refractivity contribution in [3.63, 3.8) is 0 Å². The zero-order chi connectivity index (χ0) is 21.2. The summed E-state index contributed by atoms with van der Waals surface area (Å²) in [6.07, 6.45) is 7.57. The third-order valence-corrected chi connectivity index (χ3v) is 6.08. The van der Waals surface area contributed by atoms with Gasteiger partial charge in [-0.2, -0.15) is 0 Å². The molecule has 1 unspecified atom stereocenters. The van der Waals surface area contributed by atoms with Gasteiger partial charge in [-0.25, -0.2) is 0 Å². The Kier molecular flexibility index (Phi) is 9.98. The van der Waals surface area contributed by atoms with E-state index in [0.717, 1.165) is 31.2 Å². The quantitative estimate of drug-likeness (QED) is 0.257. The second-order valence-electron chi connectivity index (χ2n) is 7.82. The number of aliphatic carboxylic acids is 1. The Morgan fingerprint density at radius 1 is 1.28 bits per heavy atom. The molecule has 0 radical (unpaired) electrons. The van der Waals surface area contributed by atoms with Gasteiger partial charge in [0, 0.05) is 17.7 Å². The lowest BCUT2D eigenvalue weighted by Gasteiger charge is -2.22. The minimum absolute atomic E-state index is 0.0495. The molecule has 29 heavy (non-hydrogen) atoms. The fourth-order valence-corrected chi connectivity index (χ4v) is 4.32. The van der Waals surface area contributed by atoms with Crippen molar-refractivity contribution < 1.29 is 24.9 Å². The van der Waals surface area contributed by atoms with Crippen molar-refractivity contribution in [2.45, 2.75) is 69.5 Å². The monoisotopic (exact) mass is 424 g/mol. The van der Waals surface area contributed by atoms with Crippen molar-refractivity contribution in [1.29, 1.82) is 0 Å². The second-order valence-corrected chi connectivity index (χ2v) is 8.38. The number of benzene rings is 1. The first-order valence-corrected chi connectivity index (χ1v) is 11.0. The molecule has 0 amide bonds. The van der Waals surface area contributed by atoms with Gasteiger partial charge in [-0.05, 0) is 55.7 Å². The molecule has 162 valence electrons. The fraction of sp³-hybridized carbons (Fsp3) is 0.609. The highest BCUT2D eigenvalue weighted by molar-refractivity contribution is 6.21. The number of halogens is 1. The Morgan fingerprint density at radius 3 is 2.66 bits per heavy atom. The maximum absolute atomic E-state index is 10.5. The summed E-state index contributed by atoms with van der Waals surface area (Å²) in [6.45, 7) is 2.43. The summed E-state index contributed by atoms with van der Waals surface area (Å²) in [5.74, 6) is 0.00783. The molecular weight excluding hydrogens is 392 g/mol. The highest BCUT2D eigenvalue weighted by Gasteiger charge is 2.41. The van der Waals surface area contributed by atoms with Crippen molar-refractivity contribution in [1.82, 2.24) is 0 Å². The fourth-order valence-electron chi connectivity index (χ4n) is 3.85. The van der Waals surface area contributed by atoms with Gasteiger partial charge >= 0.3 is 5.97 Å². The highest BCUT2D eigenvalue weighted by atomic mass is 35.5. The van der Waals surface area contributed by atoms with E-state index < -0.39 is 18.2 Å². The third-order valence-electron chi connectivity index (χ3n) is 5.58. The van der Waals surface area contributed by atoms with Gasteiger partial charge in [0.15, 0.2) is 0 Å². The molecule has 1 aliphatic carbocycles. The van der Waals surface area contributed by atoms with Gasteiger partial charge in [-0.15, -0.1) is 11.6 Å². The van der Waals surface area contributed by atoms with Crippen LogP contribution < -0.4 is 4.74 Å². The van der Waals surface area contributed by atoms with Crippen LogP contribution in [0, 0.1) is 11.8 Å². The number of allylic oxidation sites excluding steroid dienone is 2. The van der Waals surface area contributed by atoms with Crippen LogP contribution in [-0.2, 0) is 4.79 Å². The molecule has 0 aliphatic heterocycles. The number of carboxylic acids is 1. The number of aliphatic hydroxyl groups excluding tert-OH is 2. The molecule has 0 spiro atoms. The first kappa shape index (κ1) is 23.7. The molecule has 5 nitrogen and oxygen atoms in total. The average molecular weight is 425 g/mol. The average Bonchev–Trinajstić information content (AvgIpc) is 2.95. The number of aliphatic hydroxyl groups is 2. The van der Waals surface area contributed by atoms with Gasteiger partial charge in [0.1, 0.15) is 5.75 Å². The number of alkyl halides is 1. The van der Waals surface area contributed by atoms with E-state index in [9.17, 15) is 15.0 Å². The van der Waals surface area contributed by atoms with Crippen LogP contribution in [0.2, 0.25) is 0 Å². The normalized spacial score (nSPS) is 25.4. The van der Waals surface area contributed by atoms with Crippen molar-refractivity contribution in [2.75, 3.05) is 6.61 Å². The molecule has 0 aromatic heterocycles. The maximum atomic E-state index is 10.5. The number of unbranched alkanes of at least 4 members (excludes halogenated alkanes) is 1. The van der Waals surface area contributed by atoms with Gasteiger partial charge in [0.2, 0.25) is 0 Å². The molecule has 6 heteroatoms. The Hall–Kier alpha value is -1.56. The van der Waals surface area contributed by atoms with Gasteiger partial charge in [0.25, 0.3) is 0 Å². The lowest BCUT2D eigenvalue weighted by molar-refractivity contribution is -0.137. The van der Waals surface area contributed by atoms with E-state index in [1.54, 1.807) is 0 Å². The van der Waals surface area contributed by atoms with Gasteiger partial charge in [-0.3, -0.25) is 4.79 Å². The zero-order valence-corrected chi connectivity index (χ0v) is 17.8. The Bertz CT molecular complexity index is 645. The van der Waals surface area contributed by atoms with Crippen molar-refractivity contribution in [3.8, 4) is 5.75 Å². The predicted octanol–water partition coefficient (Wildman–Crippen LogP) is 4.70. The maximum Gasteiger partial charge on any atom is 0.303 e. The van der Waals surface area contributed by atoms with Crippen LogP contribution >= 0.6 is 11.6 Å². The molecule has 1 saturated carbocycles. The van der Waals surface area contributed by atoms with E-state index >= 15 is 0 Å². The zero-order valence-electron chi connectivity index (χ0n) is 17.0. The Balaban J connectivity index is 1.85. The lowest BCUT2D eigenvalue weighted by Crippen LogP contribution is -2.27. The SMILES string of the molecule is CCC[C@@H](O)c1ccc(OC[C@@H]2C(C/C=C\CCCC(=O)O)[C@H](Cl)C[C@H]2O)cc1. The largest absolute Gasteiger partial charge is 0.493 e. The molecule has 1 aromatic carbocycles. The first-order valence-electron chi connectivity index (χ1n) is 10.5.